The van der Waals surface area contributed by atoms with Crippen LogP contribution in [0.25, 0.3) is 0 Å². The number of carbonyl (C=O) groups is 1. The third kappa shape index (κ3) is 4.39. The van der Waals surface area contributed by atoms with Gasteiger partial charge in [0, 0.05) is 42.5 Å². The summed E-state index contributed by atoms with van der Waals surface area (Å²) >= 11 is 0. The van der Waals surface area contributed by atoms with Crippen molar-refractivity contribution in [3.05, 3.63) is 90.0 Å². The van der Waals surface area contributed by atoms with Gasteiger partial charge in [0.15, 0.2) is 0 Å². The summed E-state index contributed by atoms with van der Waals surface area (Å²) < 4.78 is 5.68. The number of benzene rings is 1. The number of nitrogens with zero attached hydrogens (tertiary/aromatic N) is 2. The van der Waals surface area contributed by atoms with Crippen LogP contribution >= 0.6 is 0 Å². The fourth-order valence-corrected chi connectivity index (χ4v) is 2.14. The highest BCUT2D eigenvalue weighted by Crippen LogP contribution is 2.14. The highest BCUT2D eigenvalue weighted by atomic mass is 16.5. The summed E-state index contributed by atoms with van der Waals surface area (Å²) in [5.74, 6) is 0.584. The minimum Gasteiger partial charge on any atom is -0.489 e. The van der Waals surface area contributed by atoms with Crippen LogP contribution in [0.5, 0.6) is 5.75 Å². The van der Waals surface area contributed by atoms with Gasteiger partial charge in [0.2, 0.25) is 0 Å². The van der Waals surface area contributed by atoms with E-state index in [0.29, 0.717) is 24.5 Å². The molecular formula is C19H17N3O2. The standard InChI is InChI=1S/C19H17N3O2/c23-19(22-13-15-3-1-9-20-11-15)17-5-7-18(8-6-17)24-14-16-4-2-10-21-12-16/h1-12H,13-14H2,(H,22,23). The lowest BCUT2D eigenvalue weighted by atomic mass is 10.2. The van der Waals surface area contributed by atoms with Crippen molar-refractivity contribution in [2.45, 2.75) is 13.2 Å². The Balaban J connectivity index is 1.53. The van der Waals surface area contributed by atoms with Crippen LogP contribution in [-0.4, -0.2) is 15.9 Å². The van der Waals surface area contributed by atoms with Crippen LogP contribution in [0.4, 0.5) is 0 Å². The van der Waals surface area contributed by atoms with Gasteiger partial charge in [0.1, 0.15) is 12.4 Å². The van der Waals surface area contributed by atoms with Gasteiger partial charge in [-0.3, -0.25) is 14.8 Å². The second-order valence-corrected chi connectivity index (χ2v) is 5.22. The molecule has 3 rings (SSSR count). The molecule has 0 aliphatic heterocycles. The summed E-state index contributed by atoms with van der Waals surface area (Å²) in [7, 11) is 0. The number of amides is 1. The molecule has 5 nitrogen and oxygen atoms in total. The van der Waals surface area contributed by atoms with Gasteiger partial charge in [0.05, 0.1) is 0 Å². The molecule has 2 aromatic heterocycles. The molecule has 0 fully saturated rings. The van der Waals surface area contributed by atoms with Crippen LogP contribution in [0.1, 0.15) is 21.5 Å². The summed E-state index contributed by atoms with van der Waals surface area (Å²) in [5, 5.41) is 2.86. The van der Waals surface area contributed by atoms with Crippen molar-refractivity contribution in [1.29, 1.82) is 0 Å². The summed E-state index contributed by atoms with van der Waals surface area (Å²) in [6, 6.07) is 14.7. The number of carbonyl (C=O) groups excluding carboxylic acids is 1. The van der Waals surface area contributed by atoms with E-state index in [1.54, 1.807) is 49.1 Å². The zero-order valence-corrected chi connectivity index (χ0v) is 13.1. The molecule has 0 saturated heterocycles. The molecule has 120 valence electrons. The van der Waals surface area contributed by atoms with E-state index < -0.39 is 0 Å². The molecule has 1 aromatic carbocycles. The zero-order valence-electron chi connectivity index (χ0n) is 13.1. The maximum atomic E-state index is 12.1. The van der Waals surface area contributed by atoms with Crippen LogP contribution in [0.15, 0.2) is 73.3 Å². The van der Waals surface area contributed by atoms with Crippen molar-refractivity contribution in [2.75, 3.05) is 0 Å². The Kier molecular flexibility index (Phi) is 5.14. The number of hydrogen-bond acceptors (Lipinski definition) is 4. The summed E-state index contributed by atoms with van der Waals surface area (Å²) in [6.45, 7) is 0.895. The van der Waals surface area contributed by atoms with Gasteiger partial charge in [0.25, 0.3) is 5.91 Å². The lowest BCUT2D eigenvalue weighted by Crippen LogP contribution is -2.22. The molecule has 0 radical (unpaired) electrons. The van der Waals surface area contributed by atoms with Gasteiger partial charge in [-0.25, -0.2) is 0 Å². The molecular weight excluding hydrogens is 302 g/mol. The predicted molar refractivity (Wildman–Crippen MR) is 90.4 cm³/mol. The van der Waals surface area contributed by atoms with Crippen LogP contribution in [-0.2, 0) is 13.2 Å². The molecule has 0 aliphatic rings. The molecule has 1 amide bonds. The minimum atomic E-state index is -0.127. The van der Waals surface area contributed by atoms with Crippen molar-refractivity contribution < 1.29 is 9.53 Å². The molecule has 0 unspecified atom stereocenters. The van der Waals surface area contributed by atoms with Gasteiger partial charge in [-0.2, -0.15) is 0 Å². The topological polar surface area (TPSA) is 64.1 Å². The molecule has 1 N–H and O–H groups in total. The fraction of sp³-hybridized carbons (Fsp3) is 0.105. The Hall–Kier alpha value is -3.21. The lowest BCUT2D eigenvalue weighted by molar-refractivity contribution is 0.0951. The third-order valence-corrected chi connectivity index (χ3v) is 3.42. The van der Waals surface area contributed by atoms with Crippen molar-refractivity contribution >= 4 is 5.91 Å². The van der Waals surface area contributed by atoms with Crippen molar-refractivity contribution in [1.82, 2.24) is 15.3 Å². The maximum Gasteiger partial charge on any atom is 0.251 e. The first-order valence-electron chi connectivity index (χ1n) is 7.60. The van der Waals surface area contributed by atoms with E-state index in [0.717, 1.165) is 11.1 Å². The van der Waals surface area contributed by atoms with E-state index in [-0.39, 0.29) is 5.91 Å². The molecule has 2 heterocycles. The van der Waals surface area contributed by atoms with Crippen LogP contribution in [0.2, 0.25) is 0 Å². The Bertz CT molecular complexity index is 775. The third-order valence-electron chi connectivity index (χ3n) is 3.42. The minimum absolute atomic E-state index is 0.127. The monoisotopic (exact) mass is 319 g/mol. The number of nitrogens with one attached hydrogen (secondary N) is 1. The van der Waals surface area contributed by atoms with Crippen molar-refractivity contribution in [3.63, 3.8) is 0 Å². The van der Waals surface area contributed by atoms with Gasteiger partial charge in [-0.05, 0) is 42.0 Å². The van der Waals surface area contributed by atoms with E-state index >= 15 is 0 Å². The molecule has 24 heavy (non-hydrogen) atoms. The smallest absolute Gasteiger partial charge is 0.251 e. The quantitative estimate of drug-likeness (QED) is 0.758. The van der Waals surface area contributed by atoms with E-state index in [2.05, 4.69) is 15.3 Å². The molecule has 0 saturated carbocycles. The van der Waals surface area contributed by atoms with E-state index in [4.69, 9.17) is 4.74 Å². The van der Waals surface area contributed by atoms with Crippen LogP contribution < -0.4 is 10.1 Å². The largest absolute Gasteiger partial charge is 0.489 e. The normalized spacial score (nSPS) is 10.2. The summed E-state index contributed by atoms with van der Waals surface area (Å²) in [5.41, 5.74) is 2.55. The molecule has 5 heteroatoms. The van der Waals surface area contributed by atoms with Gasteiger partial charge in [-0.15, -0.1) is 0 Å². The number of rotatable bonds is 6. The van der Waals surface area contributed by atoms with Crippen LogP contribution in [0.3, 0.4) is 0 Å². The van der Waals surface area contributed by atoms with Crippen LogP contribution in [0, 0.1) is 0 Å². The first kappa shape index (κ1) is 15.7. The summed E-state index contributed by atoms with van der Waals surface area (Å²) in [6.07, 6.45) is 6.92. The number of aromatic nitrogens is 2. The second-order valence-electron chi connectivity index (χ2n) is 5.22. The van der Waals surface area contributed by atoms with Crippen molar-refractivity contribution in [3.8, 4) is 5.75 Å². The molecule has 0 atom stereocenters. The fourth-order valence-electron chi connectivity index (χ4n) is 2.14. The Morgan fingerprint density at radius 2 is 1.58 bits per heavy atom. The molecule has 3 aromatic rings. The second kappa shape index (κ2) is 7.87. The highest BCUT2D eigenvalue weighted by Gasteiger charge is 2.05. The summed E-state index contributed by atoms with van der Waals surface area (Å²) in [4.78, 5) is 20.2. The number of pyridine rings is 2. The number of ether oxygens (including phenoxy) is 1. The SMILES string of the molecule is O=C(NCc1cccnc1)c1ccc(OCc2cccnc2)cc1. The first-order chi connectivity index (χ1) is 11.8. The Morgan fingerprint density at radius 3 is 2.21 bits per heavy atom. The molecule has 0 aliphatic carbocycles. The maximum absolute atomic E-state index is 12.1. The van der Waals surface area contributed by atoms with E-state index in [9.17, 15) is 4.79 Å². The van der Waals surface area contributed by atoms with E-state index in [1.165, 1.54) is 0 Å². The van der Waals surface area contributed by atoms with Gasteiger partial charge in [-0.1, -0.05) is 12.1 Å². The van der Waals surface area contributed by atoms with Gasteiger partial charge >= 0.3 is 0 Å². The molecule has 0 bridgehead atoms. The Morgan fingerprint density at radius 1 is 0.917 bits per heavy atom. The van der Waals surface area contributed by atoms with Gasteiger partial charge < -0.3 is 10.1 Å². The Labute approximate surface area is 140 Å². The average molecular weight is 319 g/mol. The lowest BCUT2D eigenvalue weighted by Gasteiger charge is -2.08. The first-order valence-corrected chi connectivity index (χ1v) is 7.60. The highest BCUT2D eigenvalue weighted by molar-refractivity contribution is 5.94. The number of hydrogen-bond donors (Lipinski definition) is 1. The average Bonchev–Trinajstić information content (AvgIpc) is 2.66. The predicted octanol–water partition coefficient (Wildman–Crippen LogP) is 2.99. The van der Waals surface area contributed by atoms with E-state index in [1.807, 2.05) is 24.3 Å². The molecule has 0 spiro atoms. The zero-order chi connectivity index (χ0) is 16.6. The van der Waals surface area contributed by atoms with Crippen molar-refractivity contribution in [2.24, 2.45) is 0 Å².